The van der Waals surface area contributed by atoms with E-state index in [9.17, 15) is 19.8 Å². The van der Waals surface area contributed by atoms with Gasteiger partial charge < -0.3 is 29.9 Å². The molecule has 26 heavy (non-hydrogen) atoms. The molecule has 1 aromatic carbocycles. The number of esters is 2. The third-order valence-corrected chi connectivity index (χ3v) is 9.29. The fraction of sp³-hybridized carbons (Fsp3) is 0.429. The number of carbonyl (C=O) groups excluding carboxylic acids is 2. The summed E-state index contributed by atoms with van der Waals surface area (Å²) in [5.41, 5.74) is 0.495. The third kappa shape index (κ3) is 6.48. The lowest BCUT2D eigenvalue weighted by molar-refractivity contribution is 0.00837. The molecule has 1 aromatic rings. The molecule has 0 amide bonds. The van der Waals surface area contributed by atoms with Gasteiger partial charge in [0, 0.05) is 14.3 Å². The van der Waals surface area contributed by atoms with Crippen LogP contribution in [0.2, 0.25) is 0 Å². The number of ether oxygens (including phenoxy) is 2. The van der Waals surface area contributed by atoms with Gasteiger partial charge in [-0.25, -0.2) is 9.59 Å². The summed E-state index contributed by atoms with van der Waals surface area (Å²) in [6.07, 6.45) is -2.33. The van der Waals surface area contributed by atoms with Crippen molar-refractivity contribution in [1.82, 2.24) is 0 Å². The maximum Gasteiger partial charge on any atom is 0.340 e. The molecule has 0 saturated heterocycles. The molecule has 0 radical (unpaired) electrons. The molecule has 0 saturated carbocycles. The quantitative estimate of drug-likeness (QED) is 0.175. The van der Waals surface area contributed by atoms with Crippen molar-refractivity contribution in [1.29, 1.82) is 0 Å². The van der Waals surface area contributed by atoms with E-state index in [1.807, 2.05) is 90.4 Å². The van der Waals surface area contributed by atoms with Gasteiger partial charge in [-0.2, -0.15) is 0 Å². The highest BCUT2D eigenvalue weighted by atomic mass is 127. The van der Waals surface area contributed by atoms with E-state index < -0.39 is 37.4 Å². The van der Waals surface area contributed by atoms with Crippen LogP contribution in [0.4, 0.5) is 0 Å². The van der Waals surface area contributed by atoms with E-state index in [0.717, 1.165) is 0 Å². The first kappa shape index (κ1) is 25.0. The van der Waals surface area contributed by atoms with Crippen molar-refractivity contribution in [3.63, 3.8) is 0 Å². The minimum absolute atomic E-state index is 0.247. The van der Waals surface area contributed by atoms with Crippen molar-refractivity contribution in [3.05, 3.63) is 25.4 Å². The number of rotatable bonds is 8. The topological polar surface area (TPSA) is 134 Å². The Labute approximate surface area is 203 Å². The minimum Gasteiger partial charge on any atom is -0.459 e. The van der Waals surface area contributed by atoms with E-state index in [4.69, 9.17) is 19.7 Å². The molecule has 0 aromatic heterocycles. The Balaban J connectivity index is 3.16. The summed E-state index contributed by atoms with van der Waals surface area (Å²) in [7, 11) is 0. The highest BCUT2D eigenvalue weighted by Crippen LogP contribution is 2.33. The highest BCUT2D eigenvalue weighted by molar-refractivity contribution is 14.1. The number of halogens is 4. The van der Waals surface area contributed by atoms with Gasteiger partial charge in [0.05, 0.1) is 24.3 Å². The summed E-state index contributed by atoms with van der Waals surface area (Å²) in [5, 5.41) is 36.2. The van der Waals surface area contributed by atoms with Crippen LogP contribution in [0.15, 0.2) is 0 Å². The van der Waals surface area contributed by atoms with Gasteiger partial charge in [-0.3, -0.25) is 0 Å². The zero-order valence-corrected chi connectivity index (χ0v) is 21.5. The molecule has 8 nitrogen and oxygen atoms in total. The number of carbonyl (C=O) groups is 2. The van der Waals surface area contributed by atoms with Crippen molar-refractivity contribution >= 4 is 102 Å². The lowest BCUT2D eigenvalue weighted by atomic mass is 10.1. The maximum atomic E-state index is 12.3. The first-order valence-corrected chi connectivity index (χ1v) is 11.2. The molecule has 0 spiro atoms. The van der Waals surface area contributed by atoms with Gasteiger partial charge in [0.1, 0.15) is 25.4 Å². The van der Waals surface area contributed by atoms with Gasteiger partial charge in [0.25, 0.3) is 0 Å². The fourth-order valence-electron chi connectivity index (χ4n) is 1.58. The lowest BCUT2D eigenvalue weighted by Gasteiger charge is -2.17. The van der Waals surface area contributed by atoms with Gasteiger partial charge >= 0.3 is 11.9 Å². The van der Waals surface area contributed by atoms with Crippen LogP contribution in [0.25, 0.3) is 0 Å². The third-order valence-electron chi connectivity index (χ3n) is 2.91. The Hall–Kier alpha value is 0.920. The molecule has 0 bridgehead atoms. The standard InChI is InChI=1S/C14H14I4O8/c15-9-7(13(23)25-3-5(21)1-19)10(16)12(18)8(11(9)17)14(24)26-4-6(22)2-20/h5-6,19-22H,1-4H2. The molecular formula is C14H14I4O8. The van der Waals surface area contributed by atoms with Crippen molar-refractivity contribution in [2.24, 2.45) is 0 Å². The molecule has 0 heterocycles. The monoisotopic (exact) mass is 818 g/mol. The number of benzene rings is 1. The molecule has 4 N–H and O–H groups in total. The Morgan fingerprint density at radius 1 is 0.731 bits per heavy atom. The van der Waals surface area contributed by atoms with Gasteiger partial charge in [-0.15, -0.1) is 0 Å². The fourth-order valence-corrected chi connectivity index (χ4v) is 5.65. The first-order valence-electron chi connectivity index (χ1n) is 6.93. The van der Waals surface area contributed by atoms with E-state index in [0.29, 0.717) is 14.3 Å². The molecule has 1 rings (SSSR count). The van der Waals surface area contributed by atoms with Gasteiger partial charge in [-0.05, 0) is 90.4 Å². The summed E-state index contributed by atoms with van der Waals surface area (Å²) in [4.78, 5) is 24.7. The van der Waals surface area contributed by atoms with Crippen molar-refractivity contribution in [2.75, 3.05) is 26.4 Å². The Bertz CT molecular complexity index is 595. The highest BCUT2D eigenvalue weighted by Gasteiger charge is 2.28. The van der Waals surface area contributed by atoms with Gasteiger partial charge in [0.2, 0.25) is 0 Å². The van der Waals surface area contributed by atoms with Crippen LogP contribution in [0.3, 0.4) is 0 Å². The molecule has 0 aliphatic rings. The average Bonchev–Trinajstić information content (AvgIpc) is 2.62. The predicted octanol–water partition coefficient (Wildman–Crippen LogP) is 1.12. The minimum atomic E-state index is -1.17. The summed E-state index contributed by atoms with van der Waals surface area (Å²) < 4.78 is 11.9. The van der Waals surface area contributed by atoms with E-state index in [1.54, 1.807) is 0 Å². The number of aliphatic hydroxyl groups excluding tert-OH is 4. The van der Waals surface area contributed by atoms with E-state index in [1.165, 1.54) is 0 Å². The van der Waals surface area contributed by atoms with Crippen LogP contribution in [0.1, 0.15) is 20.7 Å². The SMILES string of the molecule is O=C(OCC(O)CO)c1c(I)c(I)c(C(=O)OCC(O)CO)c(I)c1I. The van der Waals surface area contributed by atoms with Crippen LogP contribution < -0.4 is 0 Å². The number of aliphatic hydroxyl groups is 4. The molecule has 12 heteroatoms. The van der Waals surface area contributed by atoms with Crippen LogP contribution in [0.5, 0.6) is 0 Å². The molecular weight excluding hydrogens is 804 g/mol. The molecule has 0 aliphatic carbocycles. The van der Waals surface area contributed by atoms with Crippen molar-refractivity contribution < 1.29 is 39.5 Å². The molecule has 2 atom stereocenters. The average molecular weight is 818 g/mol. The van der Waals surface area contributed by atoms with Crippen LogP contribution in [-0.4, -0.2) is 71.0 Å². The summed E-state index contributed by atoms with van der Waals surface area (Å²) in [6, 6.07) is 0. The summed E-state index contributed by atoms with van der Waals surface area (Å²) >= 11 is 7.65. The smallest absolute Gasteiger partial charge is 0.340 e. The Kier molecular flexibility index (Phi) is 11.3. The second-order valence-electron chi connectivity index (χ2n) is 4.88. The van der Waals surface area contributed by atoms with Gasteiger partial charge in [-0.1, -0.05) is 0 Å². The molecule has 146 valence electrons. The van der Waals surface area contributed by atoms with Gasteiger partial charge in [0.15, 0.2) is 0 Å². The van der Waals surface area contributed by atoms with E-state index in [2.05, 4.69) is 0 Å². The van der Waals surface area contributed by atoms with E-state index in [-0.39, 0.29) is 24.3 Å². The zero-order valence-electron chi connectivity index (χ0n) is 12.9. The Morgan fingerprint density at radius 2 is 1.00 bits per heavy atom. The Morgan fingerprint density at radius 3 is 1.23 bits per heavy atom. The van der Waals surface area contributed by atoms with Crippen LogP contribution in [0, 0.1) is 14.3 Å². The van der Waals surface area contributed by atoms with Crippen LogP contribution >= 0.6 is 90.4 Å². The summed E-state index contributed by atoms with van der Waals surface area (Å²) in [6.45, 7) is -1.75. The first-order chi connectivity index (χ1) is 12.1. The normalized spacial score (nSPS) is 13.2. The lowest BCUT2D eigenvalue weighted by Crippen LogP contribution is -2.25. The number of hydrogen-bond acceptors (Lipinski definition) is 8. The second kappa shape index (κ2) is 11.8. The van der Waals surface area contributed by atoms with Crippen molar-refractivity contribution in [2.45, 2.75) is 12.2 Å². The van der Waals surface area contributed by atoms with Crippen LogP contribution in [-0.2, 0) is 9.47 Å². The largest absolute Gasteiger partial charge is 0.459 e. The zero-order chi connectivity index (χ0) is 20.0. The van der Waals surface area contributed by atoms with E-state index >= 15 is 0 Å². The number of hydrogen-bond donors (Lipinski definition) is 4. The van der Waals surface area contributed by atoms with Crippen molar-refractivity contribution in [3.8, 4) is 0 Å². The molecule has 2 unspecified atom stereocenters. The predicted molar refractivity (Wildman–Crippen MR) is 124 cm³/mol. The molecule has 0 fully saturated rings. The second-order valence-corrected chi connectivity index (χ2v) is 9.19. The molecule has 0 aliphatic heterocycles. The maximum absolute atomic E-state index is 12.3. The summed E-state index contributed by atoms with van der Waals surface area (Å²) in [5.74, 6) is -1.37.